The van der Waals surface area contributed by atoms with Crippen molar-refractivity contribution in [2.24, 2.45) is 11.8 Å². The van der Waals surface area contributed by atoms with E-state index < -0.39 is 0 Å². The van der Waals surface area contributed by atoms with Crippen molar-refractivity contribution in [3.63, 3.8) is 0 Å². The van der Waals surface area contributed by atoms with Crippen molar-refractivity contribution in [3.05, 3.63) is 34.9 Å². The van der Waals surface area contributed by atoms with E-state index in [2.05, 4.69) is 15.7 Å². The molecule has 0 saturated heterocycles. The van der Waals surface area contributed by atoms with Gasteiger partial charge < -0.3 is 5.32 Å². The van der Waals surface area contributed by atoms with Crippen LogP contribution in [0.25, 0.3) is 11.3 Å². The van der Waals surface area contributed by atoms with Gasteiger partial charge in [0.1, 0.15) is 5.01 Å². The Labute approximate surface area is 123 Å². The van der Waals surface area contributed by atoms with E-state index in [-0.39, 0.29) is 0 Å². The van der Waals surface area contributed by atoms with Crippen LogP contribution >= 0.6 is 11.3 Å². The molecule has 20 heavy (non-hydrogen) atoms. The summed E-state index contributed by atoms with van der Waals surface area (Å²) in [5.41, 5.74) is 2.23. The molecule has 1 N–H and O–H groups in total. The highest BCUT2D eigenvalue weighted by Crippen LogP contribution is 2.49. The van der Waals surface area contributed by atoms with Crippen LogP contribution in [0.3, 0.4) is 0 Å². The highest BCUT2D eigenvalue weighted by Gasteiger charge is 2.44. The third-order valence-electron chi connectivity index (χ3n) is 4.63. The van der Waals surface area contributed by atoms with Gasteiger partial charge in [0.05, 0.1) is 5.69 Å². The molecule has 0 amide bonds. The summed E-state index contributed by atoms with van der Waals surface area (Å²) < 4.78 is 0. The molecule has 2 fully saturated rings. The number of aromatic nitrogens is 2. The molecule has 3 nitrogen and oxygen atoms in total. The van der Waals surface area contributed by atoms with Crippen LogP contribution in [0.15, 0.2) is 29.9 Å². The number of hydrogen-bond acceptors (Lipinski definition) is 4. The second kappa shape index (κ2) is 5.26. The lowest BCUT2D eigenvalue weighted by Crippen LogP contribution is -2.33. The zero-order chi connectivity index (χ0) is 13.4. The number of hydrogen-bond donors (Lipinski definition) is 1. The van der Waals surface area contributed by atoms with E-state index in [4.69, 9.17) is 4.98 Å². The Kier molecular flexibility index (Phi) is 3.28. The lowest BCUT2D eigenvalue weighted by Gasteiger charge is -2.22. The minimum absolute atomic E-state index is 0.738. The number of nitrogens with one attached hydrogen (secondary N) is 1. The van der Waals surface area contributed by atoms with E-state index in [0.29, 0.717) is 0 Å². The first-order valence-electron chi connectivity index (χ1n) is 7.48. The summed E-state index contributed by atoms with van der Waals surface area (Å²) in [6.07, 6.45) is 9.32. The molecular formula is C16H19N3S. The Hall–Kier alpha value is -1.26. The molecule has 4 heteroatoms. The quantitative estimate of drug-likeness (QED) is 0.934. The standard InChI is InChI=1S/C16H19N3S/c1-2-12-8-13(12)14(3-1)18-9-16-19-15(10-20-16)11-4-6-17-7-5-11/h4-7,10,12-14,18H,1-3,8-9H2/t12-,13+,14?/m1/s1. The maximum absolute atomic E-state index is 4.73. The van der Waals surface area contributed by atoms with Gasteiger partial charge in [0, 0.05) is 35.9 Å². The fourth-order valence-corrected chi connectivity index (χ4v) is 4.18. The van der Waals surface area contributed by atoms with E-state index in [1.165, 1.54) is 30.7 Å². The molecule has 4 rings (SSSR count). The molecule has 0 aliphatic heterocycles. The van der Waals surface area contributed by atoms with Crippen LogP contribution in [-0.2, 0) is 6.54 Å². The first kappa shape index (κ1) is 12.5. The molecule has 1 unspecified atom stereocenters. The Bertz CT molecular complexity index is 580. The molecular weight excluding hydrogens is 266 g/mol. The zero-order valence-corrected chi connectivity index (χ0v) is 12.3. The third kappa shape index (κ3) is 2.50. The van der Waals surface area contributed by atoms with E-state index in [1.807, 2.05) is 24.5 Å². The number of nitrogens with zero attached hydrogens (tertiary/aromatic N) is 2. The maximum Gasteiger partial charge on any atom is 0.107 e. The lowest BCUT2D eigenvalue weighted by molar-refractivity contribution is 0.352. The predicted molar refractivity (Wildman–Crippen MR) is 81.4 cm³/mol. The Balaban J connectivity index is 1.39. The topological polar surface area (TPSA) is 37.8 Å². The summed E-state index contributed by atoms with van der Waals surface area (Å²) in [5, 5.41) is 7.07. The second-order valence-corrected chi connectivity index (χ2v) is 6.88. The summed E-state index contributed by atoms with van der Waals surface area (Å²) in [4.78, 5) is 8.78. The molecule has 104 valence electrons. The third-order valence-corrected chi connectivity index (χ3v) is 5.48. The van der Waals surface area contributed by atoms with Crippen LogP contribution in [0.4, 0.5) is 0 Å². The Morgan fingerprint density at radius 2 is 2.15 bits per heavy atom. The van der Waals surface area contributed by atoms with Gasteiger partial charge in [-0.15, -0.1) is 11.3 Å². The molecule has 2 heterocycles. The largest absolute Gasteiger partial charge is 0.307 e. The van der Waals surface area contributed by atoms with Crippen molar-refractivity contribution in [2.45, 2.75) is 38.3 Å². The minimum Gasteiger partial charge on any atom is -0.307 e. The summed E-state index contributed by atoms with van der Waals surface area (Å²) in [5.74, 6) is 1.99. The van der Waals surface area contributed by atoms with Crippen LogP contribution in [0.2, 0.25) is 0 Å². The summed E-state index contributed by atoms with van der Waals surface area (Å²) in [7, 11) is 0. The fourth-order valence-electron chi connectivity index (χ4n) is 3.43. The van der Waals surface area contributed by atoms with Gasteiger partial charge in [-0.25, -0.2) is 4.98 Å². The number of thiazole rings is 1. The van der Waals surface area contributed by atoms with Gasteiger partial charge in [0.15, 0.2) is 0 Å². The van der Waals surface area contributed by atoms with E-state index in [9.17, 15) is 0 Å². The van der Waals surface area contributed by atoms with Crippen molar-refractivity contribution in [2.75, 3.05) is 0 Å². The Morgan fingerprint density at radius 3 is 3.05 bits per heavy atom. The predicted octanol–water partition coefficient (Wildman–Crippen LogP) is 3.48. The molecule has 2 aliphatic carbocycles. The van der Waals surface area contributed by atoms with Gasteiger partial charge in [-0.05, 0) is 36.8 Å². The highest BCUT2D eigenvalue weighted by atomic mass is 32.1. The molecule has 2 aliphatic rings. The van der Waals surface area contributed by atoms with Crippen molar-refractivity contribution >= 4 is 11.3 Å². The maximum atomic E-state index is 4.73. The molecule has 2 aromatic rings. The average molecular weight is 285 g/mol. The first-order valence-corrected chi connectivity index (χ1v) is 8.36. The van der Waals surface area contributed by atoms with E-state index >= 15 is 0 Å². The minimum atomic E-state index is 0.738. The van der Waals surface area contributed by atoms with Crippen molar-refractivity contribution < 1.29 is 0 Å². The summed E-state index contributed by atoms with van der Waals surface area (Å²) in [6.45, 7) is 0.920. The number of rotatable bonds is 4. The summed E-state index contributed by atoms with van der Waals surface area (Å²) in [6, 6.07) is 4.77. The summed E-state index contributed by atoms with van der Waals surface area (Å²) >= 11 is 1.75. The van der Waals surface area contributed by atoms with E-state index in [0.717, 1.165) is 35.7 Å². The fraction of sp³-hybridized carbons (Fsp3) is 0.500. The normalized spacial score (nSPS) is 28.1. The highest BCUT2D eigenvalue weighted by molar-refractivity contribution is 7.09. The lowest BCUT2D eigenvalue weighted by atomic mass is 9.95. The van der Waals surface area contributed by atoms with Crippen molar-refractivity contribution in [1.82, 2.24) is 15.3 Å². The second-order valence-electron chi connectivity index (χ2n) is 5.94. The molecule has 0 aromatic carbocycles. The van der Waals surface area contributed by atoms with Gasteiger partial charge in [-0.3, -0.25) is 4.98 Å². The Morgan fingerprint density at radius 1 is 1.25 bits per heavy atom. The van der Waals surface area contributed by atoms with Crippen LogP contribution in [0, 0.1) is 11.8 Å². The first-order chi connectivity index (χ1) is 9.90. The van der Waals surface area contributed by atoms with Gasteiger partial charge in [-0.2, -0.15) is 0 Å². The van der Waals surface area contributed by atoms with Crippen LogP contribution in [0.5, 0.6) is 0 Å². The SMILES string of the molecule is c1cc(-c2csc(CNC3CCC[C@@H]4C[C@H]34)n2)ccn1. The average Bonchev–Trinajstić information content (AvgIpc) is 3.15. The number of pyridine rings is 1. The van der Waals surface area contributed by atoms with E-state index in [1.54, 1.807) is 11.3 Å². The zero-order valence-electron chi connectivity index (χ0n) is 11.5. The number of fused-ring (bicyclic) bond motifs is 1. The van der Waals surface area contributed by atoms with Crippen LogP contribution in [-0.4, -0.2) is 16.0 Å². The van der Waals surface area contributed by atoms with Crippen LogP contribution in [0.1, 0.15) is 30.7 Å². The molecule has 3 atom stereocenters. The van der Waals surface area contributed by atoms with Crippen molar-refractivity contribution in [1.29, 1.82) is 0 Å². The van der Waals surface area contributed by atoms with Crippen molar-refractivity contribution in [3.8, 4) is 11.3 Å². The molecule has 0 radical (unpaired) electrons. The molecule has 0 bridgehead atoms. The van der Waals surface area contributed by atoms with Gasteiger partial charge in [0.25, 0.3) is 0 Å². The van der Waals surface area contributed by atoms with Gasteiger partial charge in [-0.1, -0.05) is 12.8 Å². The molecule has 2 saturated carbocycles. The van der Waals surface area contributed by atoms with Gasteiger partial charge >= 0.3 is 0 Å². The monoisotopic (exact) mass is 285 g/mol. The van der Waals surface area contributed by atoms with Crippen LogP contribution < -0.4 is 5.32 Å². The molecule has 2 aromatic heterocycles. The molecule has 0 spiro atoms. The smallest absolute Gasteiger partial charge is 0.107 e. The van der Waals surface area contributed by atoms with Gasteiger partial charge in [0.2, 0.25) is 0 Å².